The molecule has 4 rings (SSSR count). The molecule has 0 saturated heterocycles. The molecule has 5 heteroatoms. The predicted molar refractivity (Wildman–Crippen MR) is 115 cm³/mol. The SMILES string of the molecule is CCOCOC1C=C[C@@]2(C)C(CC[C@@H]3[C@H]2CC[C@]2(C)C(=O)CC[C@@]32OCOCC)C1. The number of rotatable bonds is 8. The van der Waals surface area contributed by atoms with Crippen molar-refractivity contribution in [3.63, 3.8) is 0 Å². The monoisotopic (exact) mass is 420 g/mol. The third kappa shape index (κ3) is 3.41. The molecule has 0 N–H and O–H groups in total. The van der Waals surface area contributed by atoms with E-state index in [2.05, 4.69) is 26.0 Å². The molecule has 0 heterocycles. The lowest BCUT2D eigenvalue weighted by molar-refractivity contribution is -0.245. The Kier molecular flexibility index (Phi) is 6.47. The van der Waals surface area contributed by atoms with E-state index in [0.29, 0.717) is 56.8 Å². The van der Waals surface area contributed by atoms with Crippen molar-refractivity contribution < 1.29 is 23.7 Å². The first-order valence-corrected chi connectivity index (χ1v) is 12.0. The lowest BCUT2D eigenvalue weighted by Crippen LogP contribution is -2.63. The van der Waals surface area contributed by atoms with E-state index in [4.69, 9.17) is 18.9 Å². The smallest absolute Gasteiger partial charge is 0.147 e. The standard InChI is InChI=1S/C25H40O5/c1-5-27-16-29-19-9-12-23(3)18(15-19)7-8-21-20(23)10-13-24(4)22(26)11-14-25(21,24)30-17-28-6-2/h9,12,18-21H,5-8,10-11,13-17H2,1-4H3/t18?,19?,20-,21-,23+,24-,25-/m1/s1. The predicted octanol–water partition coefficient (Wildman–Crippen LogP) is 4.89. The van der Waals surface area contributed by atoms with Crippen molar-refractivity contribution in [2.75, 3.05) is 26.8 Å². The number of ether oxygens (including phenoxy) is 4. The van der Waals surface area contributed by atoms with E-state index >= 15 is 0 Å². The van der Waals surface area contributed by atoms with Gasteiger partial charge in [0.25, 0.3) is 0 Å². The molecule has 0 aromatic carbocycles. The number of allylic oxidation sites excluding steroid dienone is 1. The van der Waals surface area contributed by atoms with Crippen LogP contribution in [-0.4, -0.2) is 44.3 Å². The normalized spacial score (nSPS) is 45.1. The summed E-state index contributed by atoms with van der Waals surface area (Å²) in [5.41, 5.74) is -0.592. The Bertz CT molecular complexity index is 662. The van der Waals surface area contributed by atoms with E-state index in [-0.39, 0.29) is 22.5 Å². The molecule has 0 amide bonds. The fourth-order valence-corrected chi connectivity index (χ4v) is 7.39. The maximum atomic E-state index is 13.0. The molecule has 5 nitrogen and oxygen atoms in total. The maximum absolute atomic E-state index is 13.0. The van der Waals surface area contributed by atoms with Crippen LogP contribution in [0.2, 0.25) is 0 Å². The lowest BCUT2D eigenvalue weighted by atomic mass is 9.45. The van der Waals surface area contributed by atoms with Crippen LogP contribution in [0.25, 0.3) is 0 Å². The zero-order chi connectivity index (χ0) is 21.4. The first-order valence-electron chi connectivity index (χ1n) is 12.0. The minimum Gasteiger partial charge on any atom is -0.356 e. The summed E-state index contributed by atoms with van der Waals surface area (Å²) in [6.45, 7) is 10.6. The van der Waals surface area contributed by atoms with Gasteiger partial charge in [-0.2, -0.15) is 0 Å². The van der Waals surface area contributed by atoms with Gasteiger partial charge >= 0.3 is 0 Å². The molecule has 3 saturated carbocycles. The molecular weight excluding hydrogens is 380 g/mol. The highest BCUT2D eigenvalue weighted by molar-refractivity contribution is 5.88. The van der Waals surface area contributed by atoms with E-state index in [0.717, 1.165) is 32.1 Å². The van der Waals surface area contributed by atoms with Crippen molar-refractivity contribution in [3.8, 4) is 0 Å². The van der Waals surface area contributed by atoms with Crippen LogP contribution in [0.15, 0.2) is 12.2 Å². The number of fused-ring (bicyclic) bond motifs is 5. The summed E-state index contributed by atoms with van der Waals surface area (Å²) in [4.78, 5) is 13.0. The van der Waals surface area contributed by atoms with Crippen LogP contribution in [0.5, 0.6) is 0 Å². The van der Waals surface area contributed by atoms with Gasteiger partial charge in [0.15, 0.2) is 0 Å². The van der Waals surface area contributed by atoms with Gasteiger partial charge in [-0.3, -0.25) is 4.79 Å². The highest BCUT2D eigenvalue weighted by atomic mass is 16.7. The fraction of sp³-hybridized carbons (Fsp3) is 0.880. The Labute approximate surface area is 181 Å². The fourth-order valence-electron chi connectivity index (χ4n) is 7.39. The van der Waals surface area contributed by atoms with Crippen molar-refractivity contribution >= 4 is 5.78 Å². The Hall–Kier alpha value is -0.750. The molecule has 4 aliphatic carbocycles. The number of hydrogen-bond donors (Lipinski definition) is 0. The van der Waals surface area contributed by atoms with Crippen LogP contribution < -0.4 is 0 Å². The zero-order valence-corrected chi connectivity index (χ0v) is 19.3. The van der Waals surface area contributed by atoms with E-state index in [9.17, 15) is 4.79 Å². The summed E-state index contributed by atoms with van der Waals surface area (Å²) in [6.07, 6.45) is 11.7. The van der Waals surface area contributed by atoms with Gasteiger partial charge in [-0.05, 0) is 82.5 Å². The number of carbonyl (C=O) groups is 1. The van der Waals surface area contributed by atoms with Crippen LogP contribution >= 0.6 is 0 Å². The van der Waals surface area contributed by atoms with Gasteiger partial charge in [-0.25, -0.2) is 0 Å². The average molecular weight is 421 g/mol. The highest BCUT2D eigenvalue weighted by Crippen LogP contribution is 2.67. The lowest BCUT2D eigenvalue weighted by Gasteiger charge is -2.62. The van der Waals surface area contributed by atoms with Gasteiger partial charge < -0.3 is 18.9 Å². The van der Waals surface area contributed by atoms with E-state index in [1.54, 1.807) is 0 Å². The molecule has 0 aromatic rings. The van der Waals surface area contributed by atoms with Crippen LogP contribution in [0.1, 0.15) is 72.6 Å². The Morgan fingerprint density at radius 1 is 1.00 bits per heavy atom. The minimum atomic E-state index is -0.369. The third-order valence-corrected chi connectivity index (χ3v) is 9.18. The largest absolute Gasteiger partial charge is 0.356 e. The molecule has 7 atom stereocenters. The molecule has 0 radical (unpaired) electrons. The van der Waals surface area contributed by atoms with Crippen molar-refractivity contribution in [2.24, 2.45) is 28.6 Å². The van der Waals surface area contributed by atoms with E-state index in [1.165, 1.54) is 6.42 Å². The molecule has 170 valence electrons. The number of hydrogen-bond acceptors (Lipinski definition) is 5. The second-order valence-corrected chi connectivity index (χ2v) is 10.2. The summed E-state index contributed by atoms with van der Waals surface area (Å²) in [5, 5.41) is 0. The zero-order valence-electron chi connectivity index (χ0n) is 19.3. The number of carbonyl (C=O) groups excluding carboxylic acids is 1. The molecule has 3 fully saturated rings. The van der Waals surface area contributed by atoms with Crippen LogP contribution in [0.3, 0.4) is 0 Å². The molecule has 30 heavy (non-hydrogen) atoms. The Morgan fingerprint density at radius 2 is 1.77 bits per heavy atom. The average Bonchev–Trinajstić information content (AvgIpc) is 3.00. The summed E-state index contributed by atoms with van der Waals surface area (Å²) in [6, 6.07) is 0. The maximum Gasteiger partial charge on any atom is 0.147 e. The van der Waals surface area contributed by atoms with Crippen LogP contribution in [0.4, 0.5) is 0 Å². The molecule has 0 bridgehead atoms. The first kappa shape index (κ1) is 22.4. The van der Waals surface area contributed by atoms with Gasteiger partial charge in [-0.15, -0.1) is 0 Å². The first-order chi connectivity index (χ1) is 14.4. The molecule has 0 aliphatic heterocycles. The van der Waals surface area contributed by atoms with Crippen molar-refractivity contribution in [1.82, 2.24) is 0 Å². The highest BCUT2D eigenvalue weighted by Gasteiger charge is 2.68. The summed E-state index contributed by atoms with van der Waals surface area (Å²) in [5.74, 6) is 1.96. The molecule has 4 aliphatic rings. The molecule has 0 spiro atoms. The topological polar surface area (TPSA) is 54.0 Å². The number of Topliss-reactive ketones (excluding diaryl/α,β-unsaturated/α-hetero) is 1. The van der Waals surface area contributed by atoms with Crippen molar-refractivity contribution in [1.29, 1.82) is 0 Å². The summed E-state index contributed by atoms with van der Waals surface area (Å²) < 4.78 is 23.5. The van der Waals surface area contributed by atoms with Gasteiger partial charge in [0.05, 0.1) is 17.1 Å². The van der Waals surface area contributed by atoms with Gasteiger partial charge in [0, 0.05) is 19.6 Å². The quantitative estimate of drug-likeness (QED) is 0.318. The van der Waals surface area contributed by atoms with Gasteiger partial charge in [0.1, 0.15) is 19.4 Å². The second-order valence-electron chi connectivity index (χ2n) is 10.2. The Morgan fingerprint density at radius 3 is 2.53 bits per heavy atom. The molecule has 2 unspecified atom stereocenters. The van der Waals surface area contributed by atoms with E-state index in [1.807, 2.05) is 13.8 Å². The van der Waals surface area contributed by atoms with Crippen LogP contribution in [-0.2, 0) is 23.7 Å². The van der Waals surface area contributed by atoms with Crippen molar-refractivity contribution in [3.05, 3.63) is 12.2 Å². The minimum absolute atomic E-state index is 0.142. The summed E-state index contributed by atoms with van der Waals surface area (Å²) in [7, 11) is 0. The van der Waals surface area contributed by atoms with Gasteiger partial charge in [0.2, 0.25) is 0 Å². The summed E-state index contributed by atoms with van der Waals surface area (Å²) >= 11 is 0. The molecule has 0 aromatic heterocycles. The Balaban J connectivity index is 1.58. The third-order valence-electron chi connectivity index (χ3n) is 9.18. The molecular formula is C25H40O5. The van der Waals surface area contributed by atoms with Crippen molar-refractivity contribution in [2.45, 2.75) is 84.3 Å². The van der Waals surface area contributed by atoms with Crippen LogP contribution in [0, 0.1) is 28.6 Å². The van der Waals surface area contributed by atoms with Gasteiger partial charge in [-0.1, -0.05) is 19.1 Å². The number of ketones is 1. The van der Waals surface area contributed by atoms with E-state index < -0.39 is 0 Å². The second kappa shape index (κ2) is 8.65.